The first-order valence-electron chi connectivity index (χ1n) is 7.72. The van der Waals surface area contributed by atoms with Crippen LogP contribution in [0.3, 0.4) is 0 Å². The van der Waals surface area contributed by atoms with Gasteiger partial charge in [-0.15, -0.1) is 0 Å². The Hall–Kier alpha value is -1.40. The van der Waals surface area contributed by atoms with E-state index >= 15 is 0 Å². The molecule has 0 aliphatic carbocycles. The summed E-state index contributed by atoms with van der Waals surface area (Å²) in [5.74, 6) is 0.907. The summed E-state index contributed by atoms with van der Waals surface area (Å²) in [5, 5.41) is 0. The van der Waals surface area contributed by atoms with Gasteiger partial charge in [0, 0.05) is 19.5 Å². The van der Waals surface area contributed by atoms with Gasteiger partial charge in [0.15, 0.2) is 0 Å². The quantitative estimate of drug-likeness (QED) is 0.898. The molecule has 0 saturated carbocycles. The Bertz CT molecular complexity index is 603. The molecule has 1 N–H and O–H groups in total. The Morgan fingerprint density at radius 3 is 2.36 bits per heavy atom. The summed E-state index contributed by atoms with van der Waals surface area (Å²) < 4.78 is 25.6. The molecule has 1 heterocycles. The topological polar surface area (TPSA) is 66.5 Å². The van der Waals surface area contributed by atoms with Crippen LogP contribution in [0.1, 0.15) is 31.7 Å². The lowest BCUT2D eigenvalue weighted by Gasteiger charge is -2.30. The smallest absolute Gasteiger partial charge is 0.240 e. The van der Waals surface area contributed by atoms with E-state index in [-0.39, 0.29) is 10.8 Å². The van der Waals surface area contributed by atoms with E-state index in [0.29, 0.717) is 18.8 Å². The molecule has 0 atom stereocenters. The highest BCUT2D eigenvalue weighted by atomic mass is 32.2. The molecule has 2 rings (SSSR count). The summed E-state index contributed by atoms with van der Waals surface area (Å²) in [4.78, 5) is 14.4. The number of rotatable bonds is 5. The van der Waals surface area contributed by atoms with Crippen molar-refractivity contribution >= 4 is 15.9 Å². The number of piperidine rings is 1. The number of nitrogens with one attached hydrogen (secondary N) is 1. The van der Waals surface area contributed by atoms with Gasteiger partial charge in [-0.25, -0.2) is 13.1 Å². The van der Waals surface area contributed by atoms with Gasteiger partial charge in [-0.1, -0.05) is 19.1 Å². The van der Waals surface area contributed by atoms with E-state index in [4.69, 9.17) is 0 Å². The summed E-state index contributed by atoms with van der Waals surface area (Å²) >= 11 is 0. The Labute approximate surface area is 132 Å². The largest absolute Gasteiger partial charge is 0.343 e. The van der Waals surface area contributed by atoms with E-state index in [2.05, 4.69) is 11.6 Å². The summed E-state index contributed by atoms with van der Waals surface area (Å²) in [5.41, 5.74) is 0.980. The normalized spacial score (nSPS) is 16.7. The number of carbonyl (C=O) groups excluding carboxylic acids is 1. The lowest BCUT2D eigenvalue weighted by atomic mass is 9.98. The molecule has 1 aliphatic heterocycles. The number of aryl methyl sites for hydroxylation is 1. The number of hydrogen-bond acceptors (Lipinski definition) is 3. The maximum absolute atomic E-state index is 12.2. The summed E-state index contributed by atoms with van der Waals surface area (Å²) in [7, 11) is -2.00. The minimum atomic E-state index is -3.39. The van der Waals surface area contributed by atoms with Gasteiger partial charge < -0.3 is 4.90 Å². The molecule has 0 radical (unpaired) electrons. The SMILES string of the molecule is CNS(=O)(=O)c1ccc(CCC(=O)N2CCC(C)CC2)cc1. The molecule has 0 unspecified atom stereocenters. The average molecular weight is 324 g/mol. The van der Waals surface area contributed by atoms with Gasteiger partial charge in [0.1, 0.15) is 0 Å². The Morgan fingerprint density at radius 1 is 1.23 bits per heavy atom. The maximum Gasteiger partial charge on any atom is 0.240 e. The summed E-state index contributed by atoms with van der Waals surface area (Å²) in [6.07, 6.45) is 3.29. The van der Waals surface area contributed by atoms with Crippen LogP contribution in [0.5, 0.6) is 0 Å². The van der Waals surface area contributed by atoms with Crippen molar-refractivity contribution in [1.29, 1.82) is 0 Å². The van der Waals surface area contributed by atoms with E-state index < -0.39 is 10.0 Å². The zero-order valence-electron chi connectivity index (χ0n) is 13.2. The minimum absolute atomic E-state index is 0.193. The first kappa shape index (κ1) is 17.0. The van der Waals surface area contributed by atoms with Crippen molar-refractivity contribution in [3.05, 3.63) is 29.8 Å². The molecule has 1 aromatic rings. The van der Waals surface area contributed by atoms with E-state index in [0.717, 1.165) is 31.5 Å². The Kier molecular flexibility index (Phi) is 5.58. The molecule has 5 nitrogen and oxygen atoms in total. The van der Waals surface area contributed by atoms with Gasteiger partial charge in [-0.3, -0.25) is 4.79 Å². The van der Waals surface area contributed by atoms with Crippen LogP contribution in [0.15, 0.2) is 29.2 Å². The molecule has 1 saturated heterocycles. The first-order valence-corrected chi connectivity index (χ1v) is 9.21. The van der Waals surface area contributed by atoms with E-state index in [9.17, 15) is 13.2 Å². The molecular formula is C16H24N2O3S. The third kappa shape index (κ3) is 4.30. The standard InChI is InChI=1S/C16H24N2O3S/c1-13-9-11-18(12-10-13)16(19)8-5-14-3-6-15(7-4-14)22(20,21)17-2/h3-4,6-7,13,17H,5,8-12H2,1-2H3. The Balaban J connectivity index is 1.88. The van der Waals surface area contributed by atoms with Gasteiger partial charge in [0.05, 0.1) is 4.90 Å². The molecule has 6 heteroatoms. The zero-order chi connectivity index (χ0) is 16.2. The van der Waals surface area contributed by atoms with Gasteiger partial charge in [-0.2, -0.15) is 0 Å². The maximum atomic E-state index is 12.2. The number of hydrogen-bond donors (Lipinski definition) is 1. The predicted octanol–water partition coefficient (Wildman–Crippen LogP) is 1.79. The first-order chi connectivity index (χ1) is 10.4. The van der Waals surface area contributed by atoms with Gasteiger partial charge in [0.2, 0.25) is 15.9 Å². The number of nitrogens with zero attached hydrogens (tertiary/aromatic N) is 1. The second kappa shape index (κ2) is 7.24. The fourth-order valence-electron chi connectivity index (χ4n) is 2.62. The highest BCUT2D eigenvalue weighted by Gasteiger charge is 2.19. The molecule has 1 fully saturated rings. The third-order valence-electron chi connectivity index (χ3n) is 4.27. The number of carbonyl (C=O) groups is 1. The number of amides is 1. The molecule has 0 bridgehead atoms. The van der Waals surface area contributed by atoms with Crippen molar-refractivity contribution in [2.24, 2.45) is 5.92 Å². The Morgan fingerprint density at radius 2 is 1.82 bits per heavy atom. The van der Waals surface area contributed by atoms with Crippen LogP contribution < -0.4 is 4.72 Å². The van der Waals surface area contributed by atoms with Crippen LogP contribution in [0.25, 0.3) is 0 Å². The van der Waals surface area contributed by atoms with Crippen LogP contribution in [0.2, 0.25) is 0 Å². The number of benzene rings is 1. The molecular weight excluding hydrogens is 300 g/mol. The van der Waals surface area contributed by atoms with Crippen molar-refractivity contribution in [2.45, 2.75) is 37.5 Å². The highest BCUT2D eigenvalue weighted by molar-refractivity contribution is 7.89. The number of sulfonamides is 1. The molecule has 0 spiro atoms. The van der Waals surface area contributed by atoms with Crippen LogP contribution in [0, 0.1) is 5.92 Å². The lowest BCUT2D eigenvalue weighted by Crippen LogP contribution is -2.37. The van der Waals surface area contributed by atoms with Crippen molar-refractivity contribution in [1.82, 2.24) is 9.62 Å². The zero-order valence-corrected chi connectivity index (χ0v) is 14.0. The minimum Gasteiger partial charge on any atom is -0.343 e. The van der Waals surface area contributed by atoms with Gasteiger partial charge in [0.25, 0.3) is 0 Å². The lowest BCUT2D eigenvalue weighted by molar-refractivity contribution is -0.132. The average Bonchev–Trinajstić information content (AvgIpc) is 2.53. The van der Waals surface area contributed by atoms with Crippen LogP contribution in [-0.2, 0) is 21.2 Å². The van der Waals surface area contributed by atoms with Crippen molar-refractivity contribution in [3.63, 3.8) is 0 Å². The van der Waals surface area contributed by atoms with E-state index in [1.165, 1.54) is 7.05 Å². The van der Waals surface area contributed by atoms with E-state index in [1.807, 2.05) is 4.90 Å². The third-order valence-corrected chi connectivity index (χ3v) is 5.70. The van der Waals surface area contributed by atoms with Crippen molar-refractivity contribution < 1.29 is 13.2 Å². The predicted molar refractivity (Wildman–Crippen MR) is 86.0 cm³/mol. The van der Waals surface area contributed by atoms with Crippen LogP contribution in [0.4, 0.5) is 0 Å². The van der Waals surface area contributed by atoms with Crippen LogP contribution in [-0.4, -0.2) is 39.4 Å². The molecule has 0 aromatic heterocycles. The second-order valence-corrected chi connectivity index (χ2v) is 7.80. The monoisotopic (exact) mass is 324 g/mol. The molecule has 1 aliphatic rings. The van der Waals surface area contributed by atoms with Crippen LogP contribution >= 0.6 is 0 Å². The molecule has 22 heavy (non-hydrogen) atoms. The van der Waals surface area contributed by atoms with Gasteiger partial charge in [-0.05, 0) is 49.9 Å². The van der Waals surface area contributed by atoms with Crippen molar-refractivity contribution in [2.75, 3.05) is 20.1 Å². The van der Waals surface area contributed by atoms with E-state index in [1.54, 1.807) is 24.3 Å². The fourth-order valence-corrected chi connectivity index (χ4v) is 3.35. The molecule has 1 aromatic carbocycles. The fraction of sp³-hybridized carbons (Fsp3) is 0.562. The highest BCUT2D eigenvalue weighted by Crippen LogP contribution is 2.17. The summed E-state index contributed by atoms with van der Waals surface area (Å²) in [6, 6.07) is 6.70. The van der Waals surface area contributed by atoms with Crippen molar-refractivity contribution in [3.8, 4) is 0 Å². The second-order valence-electron chi connectivity index (χ2n) is 5.91. The molecule has 122 valence electrons. The van der Waals surface area contributed by atoms with Gasteiger partial charge >= 0.3 is 0 Å². The molecule has 1 amide bonds. The number of likely N-dealkylation sites (tertiary alicyclic amines) is 1. The summed E-state index contributed by atoms with van der Waals surface area (Å²) in [6.45, 7) is 3.95.